The Morgan fingerprint density at radius 3 is 2.42 bits per heavy atom. The van der Waals surface area contributed by atoms with Crippen molar-refractivity contribution in [2.45, 2.75) is 6.10 Å². The summed E-state index contributed by atoms with van der Waals surface area (Å²) >= 11 is 0. The van der Waals surface area contributed by atoms with E-state index in [9.17, 15) is 5.11 Å². The van der Waals surface area contributed by atoms with Gasteiger partial charge >= 0.3 is 0 Å². The Morgan fingerprint density at radius 1 is 1.42 bits per heavy atom. The molecular weight excluding hydrogens is 152 g/mol. The molecule has 1 N–H and O–H groups in total. The van der Waals surface area contributed by atoms with E-state index in [0.29, 0.717) is 5.56 Å². The Hall–Kier alpha value is -1.46. The maximum Gasteiger partial charge on any atom is 0.139 e. The molecule has 12 heavy (non-hydrogen) atoms. The lowest BCUT2D eigenvalue weighted by Gasteiger charge is -2.04. The van der Waals surface area contributed by atoms with E-state index in [0.717, 1.165) is 5.75 Å². The third kappa shape index (κ3) is 1.77. The van der Waals surface area contributed by atoms with Crippen molar-refractivity contribution in [3.63, 3.8) is 0 Å². The average molecular weight is 162 g/mol. The molecule has 0 aliphatic rings. The predicted molar refractivity (Wildman–Crippen MR) is 46.8 cm³/mol. The molecule has 62 valence electrons. The number of ether oxygens (including phenoxy) is 1. The minimum atomic E-state index is -0.823. The van der Waals surface area contributed by atoms with Crippen LogP contribution >= 0.6 is 0 Å². The van der Waals surface area contributed by atoms with Crippen LogP contribution in [0.2, 0.25) is 0 Å². The van der Waals surface area contributed by atoms with E-state index in [2.05, 4.69) is 5.92 Å². The monoisotopic (exact) mass is 162 g/mol. The predicted octanol–water partition coefficient (Wildman–Crippen LogP) is 1.36. The summed E-state index contributed by atoms with van der Waals surface area (Å²) in [5, 5.41) is 9.22. The highest BCUT2D eigenvalue weighted by molar-refractivity contribution is 5.30. The van der Waals surface area contributed by atoms with Gasteiger partial charge in [0, 0.05) is 0 Å². The largest absolute Gasteiger partial charge is 0.497 e. The molecule has 0 saturated carbocycles. The molecule has 0 amide bonds. The molecule has 0 saturated heterocycles. The van der Waals surface area contributed by atoms with Gasteiger partial charge in [0.25, 0.3) is 0 Å². The molecular formula is C10H10O2. The van der Waals surface area contributed by atoms with Crippen molar-refractivity contribution >= 4 is 0 Å². The second kappa shape index (κ2) is 3.80. The van der Waals surface area contributed by atoms with Gasteiger partial charge in [-0.2, -0.15) is 0 Å². The van der Waals surface area contributed by atoms with Gasteiger partial charge in [0.15, 0.2) is 0 Å². The number of terminal acetylenes is 1. The zero-order valence-electron chi connectivity index (χ0n) is 6.82. The number of hydrogen-bond acceptors (Lipinski definition) is 2. The number of methoxy groups -OCH3 is 1. The molecule has 0 spiro atoms. The van der Waals surface area contributed by atoms with E-state index in [-0.39, 0.29) is 0 Å². The van der Waals surface area contributed by atoms with Gasteiger partial charge in [-0.3, -0.25) is 0 Å². The quantitative estimate of drug-likeness (QED) is 0.665. The van der Waals surface area contributed by atoms with Crippen LogP contribution in [0.25, 0.3) is 0 Å². The maximum atomic E-state index is 9.22. The summed E-state index contributed by atoms with van der Waals surface area (Å²) in [5.41, 5.74) is 0.707. The third-order valence-electron chi connectivity index (χ3n) is 1.59. The molecule has 1 rings (SSSR count). The average Bonchev–Trinajstić information content (AvgIpc) is 2.17. The first-order chi connectivity index (χ1) is 5.77. The molecule has 0 fully saturated rings. The highest BCUT2D eigenvalue weighted by Crippen LogP contribution is 2.16. The summed E-state index contributed by atoms with van der Waals surface area (Å²) in [5.74, 6) is 2.99. The zero-order chi connectivity index (χ0) is 8.97. The molecule has 0 bridgehead atoms. The van der Waals surface area contributed by atoms with Crippen LogP contribution in [0.3, 0.4) is 0 Å². The minimum Gasteiger partial charge on any atom is -0.497 e. The first kappa shape index (κ1) is 8.63. The summed E-state index contributed by atoms with van der Waals surface area (Å²) in [4.78, 5) is 0. The van der Waals surface area contributed by atoms with E-state index in [1.165, 1.54) is 0 Å². The fraction of sp³-hybridized carbons (Fsp3) is 0.200. The second-order valence-corrected chi connectivity index (χ2v) is 2.34. The lowest BCUT2D eigenvalue weighted by molar-refractivity contribution is 0.238. The molecule has 2 heteroatoms. The highest BCUT2D eigenvalue weighted by Gasteiger charge is 2.01. The van der Waals surface area contributed by atoms with Crippen LogP contribution < -0.4 is 4.74 Å². The summed E-state index contributed by atoms with van der Waals surface area (Å²) < 4.78 is 4.95. The van der Waals surface area contributed by atoms with Crippen molar-refractivity contribution in [1.82, 2.24) is 0 Å². The van der Waals surface area contributed by atoms with Crippen LogP contribution in [0.5, 0.6) is 5.75 Å². The molecule has 1 aromatic rings. The Bertz CT molecular complexity index is 282. The van der Waals surface area contributed by atoms with Crippen molar-refractivity contribution in [1.29, 1.82) is 0 Å². The van der Waals surface area contributed by atoms with Gasteiger partial charge in [-0.05, 0) is 17.7 Å². The molecule has 0 aromatic heterocycles. The molecule has 1 atom stereocenters. The minimum absolute atomic E-state index is 0.707. The lowest BCUT2D eigenvalue weighted by Crippen LogP contribution is -1.92. The summed E-state index contributed by atoms with van der Waals surface area (Å²) in [6, 6.07) is 7.00. The van der Waals surface area contributed by atoms with Crippen molar-refractivity contribution < 1.29 is 9.84 Å². The van der Waals surface area contributed by atoms with Gasteiger partial charge in [-0.15, -0.1) is 6.42 Å². The van der Waals surface area contributed by atoms with E-state index in [1.54, 1.807) is 31.4 Å². The van der Waals surface area contributed by atoms with Crippen molar-refractivity contribution in [3.05, 3.63) is 29.8 Å². The molecule has 0 heterocycles. The van der Waals surface area contributed by atoms with E-state index < -0.39 is 6.10 Å². The van der Waals surface area contributed by atoms with Crippen molar-refractivity contribution in [2.75, 3.05) is 7.11 Å². The first-order valence-electron chi connectivity index (χ1n) is 3.56. The Kier molecular flexibility index (Phi) is 2.73. The Labute approximate surface area is 71.8 Å². The topological polar surface area (TPSA) is 29.5 Å². The molecule has 0 radical (unpaired) electrons. The Balaban J connectivity index is 2.86. The molecule has 0 unspecified atom stereocenters. The van der Waals surface area contributed by atoms with Crippen LogP contribution in [0, 0.1) is 12.3 Å². The molecule has 2 nitrogen and oxygen atoms in total. The van der Waals surface area contributed by atoms with Gasteiger partial charge in [0.2, 0.25) is 0 Å². The number of benzene rings is 1. The third-order valence-corrected chi connectivity index (χ3v) is 1.59. The van der Waals surface area contributed by atoms with Gasteiger partial charge in [0.1, 0.15) is 11.9 Å². The van der Waals surface area contributed by atoms with Gasteiger partial charge in [-0.1, -0.05) is 18.1 Å². The maximum absolute atomic E-state index is 9.22. The van der Waals surface area contributed by atoms with Crippen LogP contribution in [-0.2, 0) is 0 Å². The summed E-state index contributed by atoms with van der Waals surface area (Å²) in [7, 11) is 1.59. The lowest BCUT2D eigenvalue weighted by atomic mass is 10.1. The summed E-state index contributed by atoms with van der Waals surface area (Å²) in [6.45, 7) is 0. The second-order valence-electron chi connectivity index (χ2n) is 2.34. The standard InChI is InChI=1S/C10H10O2/c1-3-10(11)8-4-6-9(12-2)7-5-8/h1,4-7,10-11H,2H3/t10-/m0/s1. The number of rotatable bonds is 2. The Morgan fingerprint density at radius 2 is 2.00 bits per heavy atom. The van der Waals surface area contributed by atoms with Crippen molar-refractivity contribution in [2.24, 2.45) is 0 Å². The normalized spacial score (nSPS) is 11.8. The van der Waals surface area contributed by atoms with E-state index in [4.69, 9.17) is 11.2 Å². The number of aliphatic hydroxyl groups excluding tert-OH is 1. The van der Waals surface area contributed by atoms with Crippen LogP contribution in [0.1, 0.15) is 11.7 Å². The van der Waals surface area contributed by atoms with E-state index >= 15 is 0 Å². The number of hydrogen-bond donors (Lipinski definition) is 1. The fourth-order valence-electron chi connectivity index (χ4n) is 0.882. The number of aliphatic hydroxyl groups is 1. The smallest absolute Gasteiger partial charge is 0.139 e. The van der Waals surface area contributed by atoms with Gasteiger partial charge in [-0.25, -0.2) is 0 Å². The fourth-order valence-corrected chi connectivity index (χ4v) is 0.882. The van der Waals surface area contributed by atoms with Crippen molar-refractivity contribution in [3.8, 4) is 18.1 Å². The van der Waals surface area contributed by atoms with Crippen LogP contribution in [0.15, 0.2) is 24.3 Å². The molecule has 0 aliphatic heterocycles. The molecule has 0 aliphatic carbocycles. The first-order valence-corrected chi connectivity index (χ1v) is 3.56. The SMILES string of the molecule is C#C[C@H](O)c1ccc(OC)cc1. The van der Waals surface area contributed by atoms with Crippen LogP contribution in [-0.4, -0.2) is 12.2 Å². The molecule has 1 aromatic carbocycles. The zero-order valence-corrected chi connectivity index (χ0v) is 6.82. The summed E-state index contributed by atoms with van der Waals surface area (Å²) in [6.07, 6.45) is 4.22. The van der Waals surface area contributed by atoms with Crippen LogP contribution in [0.4, 0.5) is 0 Å². The van der Waals surface area contributed by atoms with Gasteiger partial charge < -0.3 is 9.84 Å². The highest BCUT2D eigenvalue weighted by atomic mass is 16.5. The van der Waals surface area contributed by atoms with Gasteiger partial charge in [0.05, 0.1) is 7.11 Å². The van der Waals surface area contributed by atoms with E-state index in [1.807, 2.05) is 0 Å².